The SMILES string of the molecule is Cc1cnn(C(CC(c2ccc(C(=O)NCCOCCOCCOCCOCCCC(C)C)cc2)n2cc(C)cn2)c2ccc(C(=O)NCCOCCOCCOCCCC(C)C)cc2)c1. The van der Waals surface area contributed by atoms with Crippen LogP contribution in [0.15, 0.2) is 73.3 Å². The second-order valence-electron chi connectivity index (χ2n) is 17.4. The van der Waals surface area contributed by atoms with Gasteiger partial charge in [0, 0.05) is 56.2 Å². The zero-order chi connectivity index (χ0) is 47.2. The second kappa shape index (κ2) is 32.3. The number of aromatic nitrogens is 4. The van der Waals surface area contributed by atoms with Crippen molar-refractivity contribution < 1.29 is 42.7 Å². The number of nitrogens with one attached hydrogen (secondary N) is 2. The summed E-state index contributed by atoms with van der Waals surface area (Å²) in [5.41, 5.74) is 5.18. The lowest BCUT2D eigenvalue weighted by atomic mass is 9.93. The topological polar surface area (TPSA) is 158 Å². The average Bonchev–Trinajstić information content (AvgIpc) is 3.95. The van der Waals surface area contributed by atoms with Crippen LogP contribution in [0.2, 0.25) is 0 Å². The van der Waals surface area contributed by atoms with Gasteiger partial charge in [0.05, 0.1) is 104 Å². The summed E-state index contributed by atoms with van der Waals surface area (Å²) in [5.74, 6) is 1.05. The third-order valence-electron chi connectivity index (χ3n) is 10.7. The number of carbonyl (C=O) groups is 2. The van der Waals surface area contributed by atoms with E-state index in [-0.39, 0.29) is 23.9 Å². The summed E-state index contributed by atoms with van der Waals surface area (Å²) in [6, 6.07) is 14.9. The Balaban J connectivity index is 1.20. The molecule has 2 amide bonds. The van der Waals surface area contributed by atoms with Crippen LogP contribution in [0.25, 0.3) is 0 Å². The van der Waals surface area contributed by atoms with Gasteiger partial charge in [-0.25, -0.2) is 0 Å². The Morgan fingerprint density at radius 1 is 0.485 bits per heavy atom. The Kier molecular flexibility index (Phi) is 26.5. The van der Waals surface area contributed by atoms with Crippen LogP contribution in [0.3, 0.4) is 0 Å². The van der Waals surface area contributed by atoms with Gasteiger partial charge in [-0.15, -0.1) is 0 Å². The molecule has 4 aromatic rings. The summed E-state index contributed by atoms with van der Waals surface area (Å²) in [6.07, 6.45) is 12.8. The van der Waals surface area contributed by atoms with Crippen LogP contribution >= 0.6 is 0 Å². The number of aryl methyl sites for hydroxylation is 2. The van der Waals surface area contributed by atoms with E-state index in [9.17, 15) is 9.59 Å². The Hall–Kier alpha value is -4.48. The van der Waals surface area contributed by atoms with Crippen molar-refractivity contribution in [1.82, 2.24) is 30.2 Å². The molecule has 0 fully saturated rings. The predicted octanol–water partition coefficient (Wildman–Crippen LogP) is 7.41. The molecule has 2 N–H and O–H groups in total. The van der Waals surface area contributed by atoms with Gasteiger partial charge in [-0.1, -0.05) is 52.0 Å². The van der Waals surface area contributed by atoms with E-state index in [1.165, 1.54) is 12.8 Å². The third-order valence-corrected chi connectivity index (χ3v) is 10.7. The molecule has 0 saturated carbocycles. The molecule has 15 heteroatoms. The zero-order valence-electron chi connectivity index (χ0n) is 40.5. The number of hydrogen-bond donors (Lipinski definition) is 2. The van der Waals surface area contributed by atoms with Crippen LogP contribution < -0.4 is 10.6 Å². The molecular weight excluding hydrogens is 841 g/mol. The standard InChI is InChI=1S/C51H78N6O9/c1-40(2)9-7-21-60-25-29-64-31-27-62-23-19-52-50(58)46-15-11-44(12-16-46)48(56-38-42(5)36-54-56)35-49(57-39-43(6)37-55-57)45-13-17-47(18-14-45)51(59)53-20-24-63-28-32-66-34-33-65-30-26-61-22-8-10-41(3)4/h11-18,36-41,48-49H,7-10,19-35H2,1-6H3,(H,52,58)(H,53,59). The van der Waals surface area contributed by atoms with Gasteiger partial charge in [0.1, 0.15) is 0 Å². The van der Waals surface area contributed by atoms with Crippen LogP contribution in [0.1, 0.15) is 115 Å². The largest absolute Gasteiger partial charge is 0.379 e. The van der Waals surface area contributed by atoms with Crippen molar-refractivity contribution in [2.75, 3.05) is 106 Å². The van der Waals surface area contributed by atoms with Gasteiger partial charge in [-0.3, -0.25) is 19.0 Å². The Bertz CT molecular complexity index is 1880. The first kappa shape index (κ1) is 54.1. The third kappa shape index (κ3) is 21.9. The minimum Gasteiger partial charge on any atom is -0.379 e. The lowest BCUT2D eigenvalue weighted by Crippen LogP contribution is -2.28. The normalized spacial score (nSPS) is 12.5. The van der Waals surface area contributed by atoms with Gasteiger partial charge >= 0.3 is 0 Å². The number of nitrogens with zero attached hydrogens (tertiary/aromatic N) is 4. The van der Waals surface area contributed by atoms with Crippen molar-refractivity contribution >= 4 is 11.8 Å². The molecule has 66 heavy (non-hydrogen) atoms. The summed E-state index contributed by atoms with van der Waals surface area (Å²) in [6.45, 7) is 21.1. The van der Waals surface area contributed by atoms with Crippen molar-refractivity contribution in [3.63, 3.8) is 0 Å². The lowest BCUT2D eigenvalue weighted by Gasteiger charge is -2.26. The highest BCUT2D eigenvalue weighted by Gasteiger charge is 2.25. The van der Waals surface area contributed by atoms with Gasteiger partial charge in [0.25, 0.3) is 11.8 Å². The Morgan fingerprint density at radius 2 is 0.803 bits per heavy atom. The van der Waals surface area contributed by atoms with Crippen LogP contribution in [0, 0.1) is 25.7 Å². The zero-order valence-corrected chi connectivity index (χ0v) is 40.5. The highest BCUT2D eigenvalue weighted by molar-refractivity contribution is 5.94. The minimum atomic E-state index is -0.188. The maximum Gasteiger partial charge on any atom is 0.251 e. The highest BCUT2D eigenvalue weighted by atomic mass is 16.6. The molecule has 2 atom stereocenters. The van der Waals surface area contributed by atoms with Gasteiger partial charge < -0.3 is 43.8 Å². The quantitative estimate of drug-likeness (QED) is 0.0434. The first-order chi connectivity index (χ1) is 32.1. The predicted molar refractivity (Wildman–Crippen MR) is 256 cm³/mol. The maximum absolute atomic E-state index is 13.1. The molecule has 0 aliphatic rings. The molecular formula is C51H78N6O9. The maximum atomic E-state index is 13.1. The van der Waals surface area contributed by atoms with E-state index >= 15 is 0 Å². The minimum absolute atomic E-state index is 0.170. The van der Waals surface area contributed by atoms with E-state index in [2.05, 4.69) is 38.3 Å². The van der Waals surface area contributed by atoms with E-state index in [4.69, 9.17) is 43.4 Å². The molecule has 2 aromatic carbocycles. The first-order valence-corrected chi connectivity index (χ1v) is 23.9. The van der Waals surface area contributed by atoms with E-state index in [1.807, 2.05) is 96.5 Å². The van der Waals surface area contributed by atoms with Crippen LogP contribution in [-0.2, 0) is 33.2 Å². The fraction of sp³-hybridized carbons (Fsp3) is 0.608. The highest BCUT2D eigenvalue weighted by Crippen LogP contribution is 2.33. The summed E-state index contributed by atoms with van der Waals surface area (Å²) in [7, 11) is 0. The Labute approximate surface area is 393 Å². The van der Waals surface area contributed by atoms with Gasteiger partial charge in [-0.05, 0) is 97.9 Å². The number of ether oxygens (including phenoxy) is 7. The number of carbonyl (C=O) groups excluding carboxylic acids is 2. The van der Waals surface area contributed by atoms with E-state index in [1.54, 1.807) is 0 Å². The molecule has 2 unspecified atom stereocenters. The number of amides is 2. The van der Waals surface area contributed by atoms with Crippen molar-refractivity contribution in [2.24, 2.45) is 11.8 Å². The molecule has 2 aromatic heterocycles. The van der Waals surface area contributed by atoms with E-state index in [0.717, 1.165) is 48.3 Å². The smallest absolute Gasteiger partial charge is 0.251 e. The first-order valence-electron chi connectivity index (χ1n) is 23.9. The summed E-state index contributed by atoms with van der Waals surface area (Å²) >= 11 is 0. The van der Waals surface area contributed by atoms with Gasteiger partial charge in [0.2, 0.25) is 0 Å². The summed E-state index contributed by atoms with van der Waals surface area (Å²) in [4.78, 5) is 26.1. The van der Waals surface area contributed by atoms with Crippen molar-refractivity contribution in [1.29, 1.82) is 0 Å². The number of hydrogen-bond acceptors (Lipinski definition) is 11. The number of rotatable bonds is 37. The molecule has 0 aliphatic heterocycles. The van der Waals surface area contributed by atoms with Crippen molar-refractivity contribution in [2.45, 2.75) is 85.7 Å². The average molecular weight is 919 g/mol. The fourth-order valence-electron chi connectivity index (χ4n) is 7.09. The lowest BCUT2D eigenvalue weighted by molar-refractivity contribution is -0.00189. The van der Waals surface area contributed by atoms with E-state index < -0.39 is 0 Å². The summed E-state index contributed by atoms with van der Waals surface area (Å²) < 4.78 is 43.1. The van der Waals surface area contributed by atoms with Crippen LogP contribution in [0.5, 0.6) is 0 Å². The van der Waals surface area contributed by atoms with Crippen molar-refractivity contribution in [3.8, 4) is 0 Å². The molecule has 0 saturated heterocycles. The summed E-state index contributed by atoms with van der Waals surface area (Å²) in [5, 5.41) is 15.3. The van der Waals surface area contributed by atoms with Gasteiger partial charge in [-0.2, -0.15) is 10.2 Å². The molecule has 0 spiro atoms. The molecule has 15 nitrogen and oxygen atoms in total. The number of benzene rings is 2. The second-order valence-corrected chi connectivity index (χ2v) is 17.4. The Morgan fingerprint density at radius 3 is 1.11 bits per heavy atom. The van der Waals surface area contributed by atoms with Gasteiger partial charge in [0.15, 0.2) is 0 Å². The molecule has 0 aliphatic carbocycles. The molecule has 0 radical (unpaired) electrons. The van der Waals surface area contributed by atoms with Crippen LogP contribution in [0.4, 0.5) is 0 Å². The monoisotopic (exact) mass is 919 g/mol. The molecule has 2 heterocycles. The molecule has 0 bridgehead atoms. The van der Waals surface area contributed by atoms with E-state index in [0.29, 0.717) is 122 Å². The van der Waals surface area contributed by atoms with Crippen LogP contribution in [-0.4, -0.2) is 137 Å². The fourth-order valence-corrected chi connectivity index (χ4v) is 7.09. The molecule has 4 rings (SSSR count). The van der Waals surface area contributed by atoms with Crippen molar-refractivity contribution in [3.05, 3.63) is 107 Å². The molecule has 366 valence electrons.